The summed E-state index contributed by atoms with van der Waals surface area (Å²) in [6, 6.07) is 9.81. The lowest BCUT2D eigenvalue weighted by Gasteiger charge is -2.07. The molecule has 2 rings (SSSR count). The summed E-state index contributed by atoms with van der Waals surface area (Å²) in [5.74, 6) is -2.44. The minimum Gasteiger partial charge on any atom is -0.452 e. The van der Waals surface area contributed by atoms with Crippen molar-refractivity contribution in [2.24, 2.45) is 0 Å². The number of benzene rings is 2. The van der Waals surface area contributed by atoms with Crippen LogP contribution >= 0.6 is 0 Å². The van der Waals surface area contributed by atoms with Crippen LogP contribution in [0, 0.1) is 15.9 Å². The summed E-state index contributed by atoms with van der Waals surface area (Å²) >= 11 is 0. The Kier molecular flexibility index (Phi) is 6.92. The van der Waals surface area contributed by atoms with Crippen LogP contribution in [0.2, 0.25) is 0 Å². The first-order valence-corrected chi connectivity index (χ1v) is 7.80. The van der Waals surface area contributed by atoms with Gasteiger partial charge in [0.2, 0.25) is 0 Å². The van der Waals surface area contributed by atoms with Gasteiger partial charge in [0.25, 0.3) is 11.6 Å². The van der Waals surface area contributed by atoms with Crippen molar-refractivity contribution in [3.8, 4) is 0 Å². The molecule has 0 bridgehead atoms. The van der Waals surface area contributed by atoms with Crippen LogP contribution in [0.3, 0.4) is 0 Å². The van der Waals surface area contributed by atoms with Crippen LogP contribution in [0.15, 0.2) is 54.6 Å². The number of nitrogens with one attached hydrogen (secondary N) is 2. The van der Waals surface area contributed by atoms with E-state index in [4.69, 9.17) is 0 Å². The zero-order chi connectivity index (χ0) is 20.5. The second-order valence-electron chi connectivity index (χ2n) is 5.27. The molecule has 0 unspecified atom stereocenters. The summed E-state index contributed by atoms with van der Waals surface area (Å²) in [5.41, 5.74) is 0.303. The number of ether oxygens (including phenoxy) is 1. The Morgan fingerprint density at radius 3 is 2.43 bits per heavy atom. The molecule has 0 saturated heterocycles. The van der Waals surface area contributed by atoms with Crippen molar-refractivity contribution in [3.63, 3.8) is 0 Å². The first-order chi connectivity index (χ1) is 13.3. The molecule has 0 fully saturated rings. The molecular weight excluding hydrogens is 373 g/mol. The summed E-state index contributed by atoms with van der Waals surface area (Å²) in [7, 11) is 0. The average Bonchev–Trinajstić information content (AvgIpc) is 2.66. The van der Waals surface area contributed by atoms with Crippen molar-refractivity contribution in [1.82, 2.24) is 5.32 Å². The minimum absolute atomic E-state index is 0.0925. The lowest BCUT2D eigenvalue weighted by Crippen LogP contribution is -2.37. The zero-order valence-corrected chi connectivity index (χ0v) is 14.3. The number of anilines is 1. The number of para-hydroxylation sites is 1. The molecule has 10 heteroatoms. The van der Waals surface area contributed by atoms with Crippen LogP contribution in [0.25, 0.3) is 6.08 Å². The summed E-state index contributed by atoms with van der Waals surface area (Å²) in [6.07, 6.45) is 2.36. The maximum Gasteiger partial charge on any atom is 0.331 e. The Morgan fingerprint density at radius 1 is 1.11 bits per heavy atom. The Bertz CT molecular complexity index is 927. The number of urea groups is 1. The molecule has 0 atom stereocenters. The number of non-ortho nitro benzene ring substituents is 1. The molecular formula is C18H14FN3O6. The van der Waals surface area contributed by atoms with Crippen molar-refractivity contribution in [1.29, 1.82) is 0 Å². The summed E-state index contributed by atoms with van der Waals surface area (Å²) in [6.45, 7) is -0.728. The van der Waals surface area contributed by atoms with E-state index in [2.05, 4.69) is 10.1 Å². The number of nitro groups is 1. The Labute approximate surface area is 158 Å². The second kappa shape index (κ2) is 9.57. The van der Waals surface area contributed by atoms with E-state index < -0.39 is 35.3 Å². The molecule has 9 nitrogen and oxygen atoms in total. The summed E-state index contributed by atoms with van der Waals surface area (Å²) < 4.78 is 18.1. The average molecular weight is 387 g/mol. The van der Waals surface area contributed by atoms with Crippen molar-refractivity contribution in [2.75, 3.05) is 11.9 Å². The van der Waals surface area contributed by atoms with Gasteiger partial charge in [0.05, 0.1) is 10.6 Å². The number of carbonyl (C=O) groups excluding carboxylic acids is 3. The number of halogens is 1. The highest BCUT2D eigenvalue weighted by atomic mass is 19.1. The predicted octanol–water partition coefficient (Wildman–Crippen LogP) is 2.64. The van der Waals surface area contributed by atoms with E-state index in [0.717, 1.165) is 12.1 Å². The lowest BCUT2D eigenvalue weighted by atomic mass is 10.2. The molecule has 3 amide bonds. The van der Waals surface area contributed by atoms with Crippen LogP contribution in [0.1, 0.15) is 5.56 Å². The molecule has 0 aromatic heterocycles. The molecule has 0 saturated carbocycles. The first-order valence-electron chi connectivity index (χ1n) is 7.80. The molecule has 28 heavy (non-hydrogen) atoms. The van der Waals surface area contributed by atoms with Gasteiger partial charge >= 0.3 is 12.0 Å². The van der Waals surface area contributed by atoms with Gasteiger partial charge in [-0.2, -0.15) is 0 Å². The van der Waals surface area contributed by atoms with E-state index in [-0.39, 0.29) is 11.4 Å². The maximum absolute atomic E-state index is 13.4. The fraction of sp³-hybridized carbons (Fsp3) is 0.0556. The van der Waals surface area contributed by atoms with Crippen LogP contribution in [0.5, 0.6) is 0 Å². The largest absolute Gasteiger partial charge is 0.452 e. The number of hydrogen-bond acceptors (Lipinski definition) is 6. The van der Waals surface area contributed by atoms with Gasteiger partial charge in [-0.1, -0.05) is 12.1 Å². The Morgan fingerprint density at radius 2 is 1.79 bits per heavy atom. The molecule has 0 aliphatic carbocycles. The number of amides is 3. The van der Waals surface area contributed by atoms with Gasteiger partial charge in [-0.3, -0.25) is 20.2 Å². The molecule has 0 spiro atoms. The fourth-order valence-electron chi connectivity index (χ4n) is 1.94. The van der Waals surface area contributed by atoms with E-state index in [1.165, 1.54) is 48.5 Å². The van der Waals surface area contributed by atoms with E-state index in [0.29, 0.717) is 5.56 Å². The Hall–Kier alpha value is -4.08. The molecule has 144 valence electrons. The summed E-state index contributed by atoms with van der Waals surface area (Å²) in [4.78, 5) is 44.7. The van der Waals surface area contributed by atoms with Gasteiger partial charge in [-0.05, 0) is 35.9 Å². The van der Waals surface area contributed by atoms with E-state index in [1.54, 1.807) is 0 Å². The standard InChI is InChI=1S/C18H14FN3O6/c19-14-3-1-2-4-15(14)20-18(25)21-16(23)11-28-17(24)10-7-12-5-8-13(9-6-12)22(26)27/h1-10H,11H2,(H2,20,21,23,25)/b10-7+. The third-order valence-corrected chi connectivity index (χ3v) is 3.24. The molecule has 0 aliphatic rings. The smallest absolute Gasteiger partial charge is 0.331 e. The van der Waals surface area contributed by atoms with Crippen molar-refractivity contribution in [3.05, 3.63) is 76.1 Å². The quantitative estimate of drug-likeness (QED) is 0.339. The highest BCUT2D eigenvalue weighted by molar-refractivity contribution is 6.02. The van der Waals surface area contributed by atoms with Gasteiger partial charge in [-0.15, -0.1) is 0 Å². The first kappa shape index (κ1) is 20.2. The van der Waals surface area contributed by atoms with Crippen LogP contribution < -0.4 is 10.6 Å². The normalized spacial score (nSPS) is 10.3. The molecule has 0 radical (unpaired) electrons. The number of rotatable bonds is 6. The number of imide groups is 1. The van der Waals surface area contributed by atoms with Crippen molar-refractivity contribution < 1.29 is 28.4 Å². The van der Waals surface area contributed by atoms with Crippen molar-refractivity contribution >= 4 is 35.4 Å². The number of esters is 1. The molecule has 0 heterocycles. The monoisotopic (exact) mass is 387 g/mol. The number of nitrogens with zero attached hydrogens (tertiary/aromatic N) is 1. The van der Waals surface area contributed by atoms with Crippen LogP contribution in [0.4, 0.5) is 20.6 Å². The topological polar surface area (TPSA) is 128 Å². The zero-order valence-electron chi connectivity index (χ0n) is 14.3. The number of carbonyl (C=O) groups is 3. The van der Waals surface area contributed by atoms with E-state index in [1.807, 2.05) is 5.32 Å². The highest BCUT2D eigenvalue weighted by Gasteiger charge is 2.11. The van der Waals surface area contributed by atoms with Gasteiger partial charge in [-0.25, -0.2) is 14.0 Å². The van der Waals surface area contributed by atoms with Gasteiger partial charge in [0.1, 0.15) is 5.82 Å². The molecule has 2 aromatic rings. The van der Waals surface area contributed by atoms with Gasteiger partial charge < -0.3 is 10.1 Å². The molecule has 2 N–H and O–H groups in total. The van der Waals surface area contributed by atoms with Crippen molar-refractivity contribution in [2.45, 2.75) is 0 Å². The fourth-order valence-corrected chi connectivity index (χ4v) is 1.94. The molecule has 0 aliphatic heterocycles. The lowest BCUT2D eigenvalue weighted by molar-refractivity contribution is -0.384. The van der Waals surface area contributed by atoms with Crippen LogP contribution in [-0.2, 0) is 14.3 Å². The van der Waals surface area contributed by atoms with Gasteiger partial charge in [0.15, 0.2) is 6.61 Å². The number of nitro benzene ring substituents is 1. The second-order valence-corrected chi connectivity index (χ2v) is 5.27. The van der Waals surface area contributed by atoms with E-state index in [9.17, 15) is 28.9 Å². The highest BCUT2D eigenvalue weighted by Crippen LogP contribution is 2.13. The Balaban J connectivity index is 1.77. The molecule has 2 aromatic carbocycles. The summed E-state index contributed by atoms with van der Waals surface area (Å²) in [5, 5.41) is 14.6. The number of hydrogen-bond donors (Lipinski definition) is 2. The van der Waals surface area contributed by atoms with Gasteiger partial charge in [0, 0.05) is 18.2 Å². The van der Waals surface area contributed by atoms with E-state index >= 15 is 0 Å². The van der Waals surface area contributed by atoms with Crippen LogP contribution in [-0.4, -0.2) is 29.4 Å². The maximum atomic E-state index is 13.4. The predicted molar refractivity (Wildman–Crippen MR) is 96.7 cm³/mol. The SMILES string of the molecule is O=C(COC(=O)/C=C/c1ccc([N+](=O)[O-])cc1)NC(=O)Nc1ccccc1F. The third-order valence-electron chi connectivity index (χ3n) is 3.24. The third kappa shape index (κ3) is 6.33. The minimum atomic E-state index is -0.979.